The molecule has 220 valence electrons. The minimum atomic E-state index is 0.358. The van der Waals surface area contributed by atoms with Gasteiger partial charge in [-0.05, 0) is 73.8 Å². The number of anilines is 2. The number of rotatable bonds is 8. The van der Waals surface area contributed by atoms with Crippen molar-refractivity contribution in [1.29, 1.82) is 5.26 Å². The summed E-state index contributed by atoms with van der Waals surface area (Å²) in [6, 6.07) is 15.5. The molecular formula is C33H32Cl2N6O2. The molecule has 2 aromatic carbocycles. The van der Waals surface area contributed by atoms with Crippen molar-refractivity contribution in [3.05, 3.63) is 81.2 Å². The summed E-state index contributed by atoms with van der Waals surface area (Å²) >= 11 is 12.7. The number of hydrogen-bond acceptors (Lipinski definition) is 8. The molecule has 0 atom stereocenters. The highest BCUT2D eigenvalue weighted by Gasteiger charge is 2.39. The van der Waals surface area contributed by atoms with Crippen LogP contribution in [0.25, 0.3) is 23.1 Å². The molecule has 43 heavy (non-hydrogen) atoms. The van der Waals surface area contributed by atoms with E-state index in [0.29, 0.717) is 54.8 Å². The fourth-order valence-electron chi connectivity index (χ4n) is 5.78. The Bertz CT molecular complexity index is 1740. The van der Waals surface area contributed by atoms with Gasteiger partial charge in [0.25, 0.3) is 0 Å². The van der Waals surface area contributed by atoms with Gasteiger partial charge in [0.15, 0.2) is 0 Å². The Morgan fingerprint density at radius 3 is 2.53 bits per heavy atom. The van der Waals surface area contributed by atoms with Gasteiger partial charge in [0.2, 0.25) is 0 Å². The van der Waals surface area contributed by atoms with Crippen LogP contribution < -0.4 is 20.1 Å². The molecule has 4 aromatic rings. The predicted molar refractivity (Wildman–Crippen MR) is 172 cm³/mol. The fourth-order valence-corrected chi connectivity index (χ4v) is 6.29. The Hall–Kier alpha value is -3.87. The molecule has 1 spiro atoms. The number of ether oxygens (including phenoxy) is 2. The van der Waals surface area contributed by atoms with E-state index in [2.05, 4.69) is 38.7 Å². The molecule has 2 N–H and O–H groups in total. The van der Waals surface area contributed by atoms with Crippen LogP contribution in [-0.2, 0) is 6.54 Å². The van der Waals surface area contributed by atoms with E-state index in [1.165, 1.54) is 20.0 Å². The van der Waals surface area contributed by atoms with Crippen molar-refractivity contribution in [3.63, 3.8) is 0 Å². The van der Waals surface area contributed by atoms with E-state index in [0.717, 1.165) is 49.7 Å². The molecule has 0 amide bonds. The fraction of sp³-hybridized carbons (Fsp3) is 0.303. The molecule has 0 aliphatic carbocycles. The van der Waals surface area contributed by atoms with Crippen LogP contribution >= 0.6 is 23.2 Å². The zero-order valence-electron chi connectivity index (χ0n) is 24.1. The Labute approximate surface area is 261 Å². The number of benzene rings is 2. The molecule has 2 aliphatic heterocycles. The minimum absolute atomic E-state index is 0.358. The highest BCUT2D eigenvalue weighted by Crippen LogP contribution is 2.39. The van der Waals surface area contributed by atoms with E-state index < -0.39 is 0 Å². The number of halogens is 2. The summed E-state index contributed by atoms with van der Waals surface area (Å²) < 4.78 is 11.1. The second-order valence-corrected chi connectivity index (χ2v) is 11.9. The number of fused-ring (bicyclic) bond motifs is 1. The van der Waals surface area contributed by atoms with Gasteiger partial charge >= 0.3 is 0 Å². The lowest BCUT2D eigenvalue weighted by Crippen LogP contribution is -2.58. The smallest absolute Gasteiger partial charge is 0.139 e. The number of likely N-dealkylation sites (tertiary alicyclic amines) is 1. The van der Waals surface area contributed by atoms with Crippen molar-refractivity contribution in [3.8, 4) is 17.6 Å². The maximum Gasteiger partial charge on any atom is 0.139 e. The van der Waals surface area contributed by atoms with Gasteiger partial charge in [0, 0.05) is 42.8 Å². The van der Waals surface area contributed by atoms with Gasteiger partial charge < -0.3 is 20.1 Å². The average Bonchev–Trinajstić information content (AvgIpc) is 3.00. The summed E-state index contributed by atoms with van der Waals surface area (Å²) in [7, 11) is 3.15. The van der Waals surface area contributed by atoms with E-state index in [4.69, 9.17) is 37.7 Å². The second kappa shape index (κ2) is 12.4. The number of piperidine rings is 1. The first-order valence-corrected chi connectivity index (χ1v) is 14.9. The lowest BCUT2D eigenvalue weighted by Gasteiger charge is -2.48. The van der Waals surface area contributed by atoms with Crippen LogP contribution in [0.3, 0.4) is 0 Å². The monoisotopic (exact) mass is 614 g/mol. The third-order valence-electron chi connectivity index (χ3n) is 8.41. The van der Waals surface area contributed by atoms with Crippen LogP contribution in [-0.4, -0.2) is 55.3 Å². The summed E-state index contributed by atoms with van der Waals surface area (Å²) in [5.41, 5.74) is 5.46. The SMILES string of the molecule is COc1cc(Nc2c(C#N)cnc3cc(/C=C/c4cccc(CN5CCC6(CC5)CNC6)n4)c(OC)cc23)c(Cl)cc1Cl. The maximum atomic E-state index is 9.86. The summed E-state index contributed by atoms with van der Waals surface area (Å²) in [6.45, 7) is 5.42. The predicted octanol–water partition coefficient (Wildman–Crippen LogP) is 6.92. The summed E-state index contributed by atoms with van der Waals surface area (Å²) in [4.78, 5) is 12.0. The Balaban J connectivity index is 1.26. The van der Waals surface area contributed by atoms with Gasteiger partial charge in [0.1, 0.15) is 17.6 Å². The average molecular weight is 616 g/mol. The molecule has 4 heterocycles. The van der Waals surface area contributed by atoms with Crippen molar-refractivity contribution < 1.29 is 9.47 Å². The molecule has 0 saturated carbocycles. The van der Waals surface area contributed by atoms with E-state index in [1.54, 1.807) is 25.4 Å². The third-order valence-corrected chi connectivity index (χ3v) is 9.01. The number of nitriles is 1. The molecule has 0 unspecified atom stereocenters. The molecule has 0 radical (unpaired) electrons. The third kappa shape index (κ3) is 6.13. The molecule has 2 fully saturated rings. The van der Waals surface area contributed by atoms with Crippen molar-refractivity contribution in [1.82, 2.24) is 20.2 Å². The summed E-state index contributed by atoms with van der Waals surface area (Å²) in [5.74, 6) is 1.09. The van der Waals surface area contributed by atoms with Gasteiger partial charge in [-0.15, -0.1) is 0 Å². The second-order valence-electron chi connectivity index (χ2n) is 11.1. The highest BCUT2D eigenvalue weighted by molar-refractivity contribution is 6.37. The van der Waals surface area contributed by atoms with Gasteiger partial charge in [-0.2, -0.15) is 5.26 Å². The summed E-state index contributed by atoms with van der Waals surface area (Å²) in [6.07, 6.45) is 8.01. The topological polar surface area (TPSA) is 95.3 Å². The number of nitrogens with one attached hydrogen (secondary N) is 2. The minimum Gasteiger partial charge on any atom is -0.496 e. The van der Waals surface area contributed by atoms with Gasteiger partial charge in [-0.25, -0.2) is 0 Å². The Kier molecular flexibility index (Phi) is 8.42. The van der Waals surface area contributed by atoms with E-state index in [1.807, 2.05) is 30.4 Å². The quantitative estimate of drug-likeness (QED) is 0.221. The Morgan fingerprint density at radius 1 is 1.05 bits per heavy atom. The zero-order chi connectivity index (χ0) is 30.0. The highest BCUT2D eigenvalue weighted by atomic mass is 35.5. The number of aromatic nitrogens is 2. The molecule has 2 saturated heterocycles. The zero-order valence-corrected chi connectivity index (χ0v) is 25.6. The molecular weight excluding hydrogens is 583 g/mol. The van der Waals surface area contributed by atoms with Crippen LogP contribution in [0.5, 0.6) is 11.5 Å². The van der Waals surface area contributed by atoms with Crippen molar-refractivity contribution in [2.24, 2.45) is 5.41 Å². The van der Waals surface area contributed by atoms with Crippen LogP contribution in [0.1, 0.15) is 35.4 Å². The number of methoxy groups -OCH3 is 2. The van der Waals surface area contributed by atoms with Crippen molar-refractivity contribution in [2.45, 2.75) is 19.4 Å². The van der Waals surface area contributed by atoms with Crippen molar-refractivity contribution in [2.75, 3.05) is 45.7 Å². The van der Waals surface area contributed by atoms with E-state index in [-0.39, 0.29) is 0 Å². The standard InChI is InChI=1S/C33H32Cl2N6O2/c1-42-30-13-25-28(38-17-22(16-36)32(25)40-29-15-31(43-2)27(35)14-26(29)34)12-21(30)6-7-23-4-3-5-24(39-23)18-41-10-8-33(9-11-41)19-37-20-33/h3-7,12-15,17,37H,8-11,18-20H2,1-2H3,(H,38,40)/b7-6+. The number of hydrogen-bond donors (Lipinski definition) is 2. The first-order valence-electron chi connectivity index (χ1n) is 14.2. The molecule has 2 aromatic heterocycles. The largest absolute Gasteiger partial charge is 0.496 e. The molecule has 6 rings (SSSR count). The lowest BCUT2D eigenvalue weighted by molar-refractivity contribution is 0.0514. The summed E-state index contributed by atoms with van der Waals surface area (Å²) in [5, 5.41) is 18.1. The normalized spacial score (nSPS) is 16.3. The molecule has 0 bridgehead atoms. The van der Waals surface area contributed by atoms with Gasteiger partial charge in [-0.3, -0.25) is 14.9 Å². The van der Waals surface area contributed by atoms with Gasteiger partial charge in [-0.1, -0.05) is 29.3 Å². The van der Waals surface area contributed by atoms with E-state index in [9.17, 15) is 5.26 Å². The molecule has 10 heteroatoms. The first kappa shape index (κ1) is 29.2. The lowest BCUT2D eigenvalue weighted by atomic mass is 9.73. The van der Waals surface area contributed by atoms with Gasteiger partial charge in [0.05, 0.1) is 58.1 Å². The molecule has 2 aliphatic rings. The maximum absolute atomic E-state index is 9.86. The number of nitrogens with zero attached hydrogens (tertiary/aromatic N) is 4. The van der Waals surface area contributed by atoms with Crippen LogP contribution in [0.4, 0.5) is 11.4 Å². The van der Waals surface area contributed by atoms with Crippen LogP contribution in [0.15, 0.2) is 48.7 Å². The van der Waals surface area contributed by atoms with Crippen LogP contribution in [0.2, 0.25) is 10.0 Å². The van der Waals surface area contributed by atoms with Crippen LogP contribution in [0, 0.1) is 16.7 Å². The number of pyridine rings is 2. The first-order chi connectivity index (χ1) is 20.9. The Morgan fingerprint density at radius 2 is 1.84 bits per heavy atom. The molecule has 8 nitrogen and oxygen atoms in total. The van der Waals surface area contributed by atoms with E-state index >= 15 is 0 Å². The van der Waals surface area contributed by atoms with Crippen molar-refractivity contribution >= 4 is 57.6 Å².